The first kappa shape index (κ1) is 20.5. The number of phenolic OH excluding ortho intramolecular Hbond substituents is 1. The molecule has 3 rings (SSSR count). The van der Waals surface area contributed by atoms with Gasteiger partial charge >= 0.3 is 5.82 Å². The van der Waals surface area contributed by atoms with Crippen LogP contribution in [0, 0.1) is 12.1 Å². The average molecular weight is 417 g/mol. The van der Waals surface area contributed by atoms with Gasteiger partial charge in [-0.15, -0.1) is 11.3 Å². The molecule has 29 heavy (non-hydrogen) atoms. The lowest BCUT2D eigenvalue weighted by molar-refractivity contribution is -0.790. The second-order valence-corrected chi connectivity index (χ2v) is 8.03. The Morgan fingerprint density at radius 1 is 1.38 bits per heavy atom. The minimum absolute atomic E-state index is 0.0125. The number of carbonyl (C=O) groups is 1. The predicted molar refractivity (Wildman–Crippen MR) is 111 cm³/mol. The molecule has 0 saturated heterocycles. The molecule has 10 heteroatoms. The van der Waals surface area contributed by atoms with Gasteiger partial charge in [0.05, 0.1) is 11.6 Å². The molecule has 0 aliphatic carbocycles. The van der Waals surface area contributed by atoms with Gasteiger partial charge in [0.25, 0.3) is 11.7 Å². The number of anilines is 3. The van der Waals surface area contributed by atoms with Gasteiger partial charge in [-0.1, -0.05) is 17.9 Å². The van der Waals surface area contributed by atoms with Crippen LogP contribution in [0.1, 0.15) is 39.5 Å². The number of aromatic nitrogens is 2. The molecule has 1 amide bonds. The normalized spacial score (nSPS) is 11.9. The molecule has 0 bridgehead atoms. The molecule has 3 aromatic rings. The van der Waals surface area contributed by atoms with Gasteiger partial charge in [-0.2, -0.15) is 0 Å². The molecule has 1 aromatic carbocycles. The fourth-order valence-corrected chi connectivity index (χ4v) is 3.83. The van der Waals surface area contributed by atoms with E-state index in [1.807, 2.05) is 26.0 Å². The number of thiophene rings is 1. The molecule has 0 unspecified atom stereocenters. The highest BCUT2D eigenvalue weighted by atomic mass is 32.1. The van der Waals surface area contributed by atoms with E-state index in [-0.39, 0.29) is 45.5 Å². The molecule has 0 aliphatic rings. The fraction of sp³-hybridized carbons (Fsp3) is 0.316. The number of aryl methyl sites for hydroxylation is 1. The number of para-hydroxylation sites is 1. The summed E-state index contributed by atoms with van der Waals surface area (Å²) < 4.78 is 4.74. The summed E-state index contributed by atoms with van der Waals surface area (Å²) in [5.41, 5.74) is 0.303. The van der Waals surface area contributed by atoms with Crippen LogP contribution in [0.25, 0.3) is 0 Å². The predicted octanol–water partition coefficient (Wildman–Crippen LogP) is 3.39. The molecular weight excluding hydrogens is 394 g/mol. The Balaban J connectivity index is 1.89. The number of hydrogen-bond donors (Lipinski definition) is 3. The number of nitrogens with one attached hydrogen (secondary N) is 2. The monoisotopic (exact) mass is 417 g/mol. The molecule has 2 heterocycles. The van der Waals surface area contributed by atoms with E-state index in [9.17, 15) is 15.1 Å². The third kappa shape index (κ3) is 4.27. The van der Waals surface area contributed by atoms with Crippen molar-refractivity contribution in [1.82, 2.24) is 10.1 Å². The Labute approximate surface area is 172 Å². The summed E-state index contributed by atoms with van der Waals surface area (Å²) in [5.74, 6) is -0.425. The Morgan fingerprint density at radius 3 is 2.76 bits per heavy atom. The number of nitrogens with zero attached hydrogens (tertiary/aromatic N) is 3. The largest absolute Gasteiger partial charge is 0.504 e. The number of amides is 1. The summed E-state index contributed by atoms with van der Waals surface area (Å²) in [6, 6.07) is 8.67. The second kappa shape index (κ2) is 8.39. The molecule has 154 valence electrons. The number of carbonyl (C=O) groups excluding carboxylic acids is 1. The maximum Gasteiger partial charge on any atom is 0.324 e. The SMILES string of the molecule is CC[C@@H](Nc1no[n+]([O-])c1Nc1cccc(C(=O)N(C)C)c1O)c1ccc(C)s1. The molecule has 2 aromatic heterocycles. The molecule has 0 aliphatic heterocycles. The van der Waals surface area contributed by atoms with Crippen LogP contribution >= 0.6 is 11.3 Å². The lowest BCUT2D eigenvalue weighted by Gasteiger charge is -2.15. The van der Waals surface area contributed by atoms with Crippen LogP contribution in [0.5, 0.6) is 5.75 Å². The lowest BCUT2D eigenvalue weighted by atomic mass is 10.1. The molecule has 0 spiro atoms. The maximum absolute atomic E-state index is 12.2. The van der Waals surface area contributed by atoms with Gasteiger partial charge in [0.2, 0.25) is 0 Å². The van der Waals surface area contributed by atoms with E-state index in [0.29, 0.717) is 0 Å². The zero-order chi connectivity index (χ0) is 21.1. The maximum atomic E-state index is 12.2. The van der Waals surface area contributed by atoms with Crippen LogP contribution in [-0.2, 0) is 0 Å². The Bertz CT molecular complexity index is 1010. The van der Waals surface area contributed by atoms with Crippen molar-refractivity contribution in [2.75, 3.05) is 24.7 Å². The van der Waals surface area contributed by atoms with Crippen molar-refractivity contribution in [1.29, 1.82) is 0 Å². The summed E-state index contributed by atoms with van der Waals surface area (Å²) in [4.78, 5) is 16.1. The fourth-order valence-electron chi connectivity index (χ4n) is 2.81. The molecule has 0 radical (unpaired) electrons. The average Bonchev–Trinajstić information content (AvgIpc) is 3.27. The number of rotatable bonds is 7. The first-order valence-electron chi connectivity index (χ1n) is 9.05. The quantitative estimate of drug-likeness (QED) is 0.398. The van der Waals surface area contributed by atoms with E-state index in [2.05, 4.69) is 15.8 Å². The second-order valence-electron chi connectivity index (χ2n) is 6.71. The topological polar surface area (TPSA) is 118 Å². The first-order chi connectivity index (χ1) is 13.8. The van der Waals surface area contributed by atoms with Crippen LogP contribution in [0.15, 0.2) is 35.0 Å². The summed E-state index contributed by atoms with van der Waals surface area (Å²) in [5, 5.41) is 32.5. The van der Waals surface area contributed by atoms with Gasteiger partial charge in [-0.25, -0.2) is 0 Å². The Hall–Kier alpha value is -3.27. The smallest absolute Gasteiger partial charge is 0.324 e. The minimum atomic E-state index is -0.357. The molecule has 9 nitrogen and oxygen atoms in total. The highest BCUT2D eigenvalue weighted by Gasteiger charge is 2.25. The van der Waals surface area contributed by atoms with E-state index in [1.165, 1.54) is 15.8 Å². The van der Waals surface area contributed by atoms with Crippen LogP contribution in [0.4, 0.5) is 17.3 Å². The van der Waals surface area contributed by atoms with E-state index >= 15 is 0 Å². The van der Waals surface area contributed by atoms with E-state index in [4.69, 9.17) is 4.63 Å². The summed E-state index contributed by atoms with van der Waals surface area (Å²) in [6.07, 6.45) is 0.767. The van der Waals surface area contributed by atoms with Gasteiger partial charge in [-0.3, -0.25) is 10.1 Å². The van der Waals surface area contributed by atoms with Crippen LogP contribution < -0.4 is 15.5 Å². The number of benzene rings is 1. The van der Waals surface area contributed by atoms with Gasteiger partial charge in [0, 0.05) is 23.8 Å². The van der Waals surface area contributed by atoms with Crippen molar-refractivity contribution >= 4 is 34.6 Å². The zero-order valence-electron chi connectivity index (χ0n) is 16.6. The van der Waals surface area contributed by atoms with Gasteiger partial charge in [0.15, 0.2) is 5.75 Å². The van der Waals surface area contributed by atoms with Crippen molar-refractivity contribution in [3.05, 3.63) is 50.9 Å². The standard InChI is InChI=1S/C19H23N5O4S/c1-5-13(15-10-9-11(2)29-15)20-17-18(24(27)28-22-17)21-14-8-6-7-12(16(14)25)19(26)23(3)4/h6-10,13,21,25H,5H2,1-4H3,(H,20,22)/t13-/m1/s1. The minimum Gasteiger partial charge on any atom is -0.504 e. The molecule has 1 atom stereocenters. The molecular formula is C19H23N5O4S. The summed E-state index contributed by atoms with van der Waals surface area (Å²) >= 11 is 1.66. The van der Waals surface area contributed by atoms with Crippen molar-refractivity contribution in [2.45, 2.75) is 26.3 Å². The van der Waals surface area contributed by atoms with Crippen LogP contribution in [0.2, 0.25) is 0 Å². The highest BCUT2D eigenvalue weighted by molar-refractivity contribution is 7.12. The molecule has 3 N–H and O–H groups in total. The van der Waals surface area contributed by atoms with Gasteiger partial charge < -0.3 is 25.2 Å². The van der Waals surface area contributed by atoms with E-state index in [1.54, 1.807) is 37.6 Å². The third-order valence-electron chi connectivity index (χ3n) is 4.36. The van der Waals surface area contributed by atoms with E-state index in [0.717, 1.165) is 11.3 Å². The van der Waals surface area contributed by atoms with Crippen LogP contribution in [0.3, 0.4) is 0 Å². The van der Waals surface area contributed by atoms with Gasteiger partial charge in [0.1, 0.15) is 5.69 Å². The number of hydrogen-bond acceptors (Lipinski definition) is 8. The molecule has 0 saturated carbocycles. The number of aromatic hydroxyl groups is 1. The van der Waals surface area contributed by atoms with Crippen molar-refractivity contribution in [3.63, 3.8) is 0 Å². The third-order valence-corrected chi connectivity index (χ3v) is 5.48. The Kier molecular flexibility index (Phi) is 5.92. The summed E-state index contributed by atoms with van der Waals surface area (Å²) in [6.45, 7) is 4.05. The molecule has 0 fully saturated rings. The van der Waals surface area contributed by atoms with E-state index < -0.39 is 0 Å². The Morgan fingerprint density at radius 2 is 2.14 bits per heavy atom. The zero-order valence-corrected chi connectivity index (χ0v) is 17.4. The van der Waals surface area contributed by atoms with Gasteiger partial charge in [-0.05, 0) is 42.8 Å². The van der Waals surface area contributed by atoms with Crippen LogP contribution in [-0.4, -0.2) is 35.2 Å². The van der Waals surface area contributed by atoms with Crippen molar-refractivity contribution in [3.8, 4) is 5.75 Å². The van der Waals surface area contributed by atoms with Crippen molar-refractivity contribution < 1.29 is 19.4 Å². The number of phenols is 1. The summed E-state index contributed by atoms with van der Waals surface area (Å²) in [7, 11) is 3.18. The first-order valence-corrected chi connectivity index (χ1v) is 9.86. The van der Waals surface area contributed by atoms with Crippen molar-refractivity contribution in [2.24, 2.45) is 0 Å². The lowest BCUT2D eigenvalue weighted by Crippen LogP contribution is -2.27. The highest BCUT2D eigenvalue weighted by Crippen LogP contribution is 2.34.